The molecule has 2 nitrogen and oxygen atoms in total. The molecule has 0 aliphatic rings. The average molecular weight is 287 g/mol. The van der Waals surface area contributed by atoms with Gasteiger partial charge in [0, 0.05) is 12.1 Å². The first-order valence-corrected chi connectivity index (χ1v) is 7.12. The predicted molar refractivity (Wildman–Crippen MR) is 84.4 cm³/mol. The molecule has 0 heterocycles. The highest BCUT2D eigenvalue weighted by atomic mass is 19.1. The highest BCUT2D eigenvalue weighted by Gasteiger charge is 2.15. The van der Waals surface area contributed by atoms with Gasteiger partial charge in [-0.05, 0) is 42.3 Å². The van der Waals surface area contributed by atoms with E-state index in [0.29, 0.717) is 17.9 Å². The molecule has 21 heavy (non-hydrogen) atoms. The standard InChI is InChI=1S/C18H22FNO/c1-18(2,3)13-7-5-8-14(11-13)21-17-10-6-9-16(19)15(17)12-20-4/h5-11,20H,12H2,1-4H3. The van der Waals surface area contributed by atoms with Crippen molar-refractivity contribution in [2.45, 2.75) is 32.7 Å². The number of rotatable bonds is 4. The third-order valence-electron chi connectivity index (χ3n) is 3.36. The lowest BCUT2D eigenvalue weighted by Gasteiger charge is -2.20. The monoisotopic (exact) mass is 287 g/mol. The maximum Gasteiger partial charge on any atom is 0.134 e. The van der Waals surface area contributed by atoms with Crippen LogP contribution in [-0.2, 0) is 12.0 Å². The van der Waals surface area contributed by atoms with E-state index in [2.05, 4.69) is 32.2 Å². The van der Waals surface area contributed by atoms with Crippen LogP contribution in [-0.4, -0.2) is 7.05 Å². The molecule has 0 fully saturated rings. The van der Waals surface area contributed by atoms with E-state index in [0.717, 1.165) is 5.75 Å². The fourth-order valence-electron chi connectivity index (χ4n) is 2.14. The summed E-state index contributed by atoms with van der Waals surface area (Å²) in [5.74, 6) is 1.02. The molecular formula is C18H22FNO. The second kappa shape index (κ2) is 6.27. The van der Waals surface area contributed by atoms with Crippen molar-refractivity contribution in [1.29, 1.82) is 0 Å². The van der Waals surface area contributed by atoms with E-state index >= 15 is 0 Å². The van der Waals surface area contributed by atoms with Crippen molar-refractivity contribution < 1.29 is 9.13 Å². The van der Waals surface area contributed by atoms with Crippen molar-refractivity contribution in [1.82, 2.24) is 5.32 Å². The summed E-state index contributed by atoms with van der Waals surface area (Å²) in [6.07, 6.45) is 0. The third-order valence-corrected chi connectivity index (χ3v) is 3.36. The molecule has 0 saturated heterocycles. The summed E-state index contributed by atoms with van der Waals surface area (Å²) >= 11 is 0. The topological polar surface area (TPSA) is 21.3 Å². The Morgan fingerprint density at radius 2 is 1.81 bits per heavy atom. The van der Waals surface area contributed by atoms with E-state index in [1.165, 1.54) is 11.6 Å². The molecule has 0 unspecified atom stereocenters. The van der Waals surface area contributed by atoms with Crippen LogP contribution in [0.25, 0.3) is 0 Å². The van der Waals surface area contributed by atoms with Crippen LogP contribution in [0.1, 0.15) is 31.9 Å². The van der Waals surface area contributed by atoms with Gasteiger partial charge < -0.3 is 10.1 Å². The summed E-state index contributed by atoms with van der Waals surface area (Å²) in [5.41, 5.74) is 1.78. The van der Waals surface area contributed by atoms with Gasteiger partial charge in [0.1, 0.15) is 17.3 Å². The summed E-state index contributed by atoms with van der Waals surface area (Å²) in [5, 5.41) is 2.97. The minimum atomic E-state index is -0.256. The average Bonchev–Trinajstić information content (AvgIpc) is 2.42. The highest BCUT2D eigenvalue weighted by molar-refractivity contribution is 5.40. The van der Waals surface area contributed by atoms with Gasteiger partial charge in [-0.2, -0.15) is 0 Å². The molecule has 2 rings (SSSR count). The summed E-state index contributed by atoms with van der Waals surface area (Å²) in [7, 11) is 1.79. The zero-order valence-electron chi connectivity index (χ0n) is 13.0. The predicted octanol–water partition coefficient (Wildman–Crippen LogP) is 4.63. The van der Waals surface area contributed by atoms with Crippen LogP contribution in [0.2, 0.25) is 0 Å². The maximum atomic E-state index is 13.9. The van der Waals surface area contributed by atoms with Crippen LogP contribution in [0.15, 0.2) is 42.5 Å². The fraction of sp³-hybridized carbons (Fsp3) is 0.333. The summed E-state index contributed by atoms with van der Waals surface area (Å²) in [4.78, 5) is 0. The molecular weight excluding hydrogens is 265 g/mol. The molecule has 0 aliphatic heterocycles. The Morgan fingerprint density at radius 3 is 2.48 bits per heavy atom. The van der Waals surface area contributed by atoms with E-state index in [-0.39, 0.29) is 11.2 Å². The number of hydrogen-bond donors (Lipinski definition) is 1. The van der Waals surface area contributed by atoms with Gasteiger partial charge in [0.05, 0.1) is 0 Å². The third kappa shape index (κ3) is 3.82. The van der Waals surface area contributed by atoms with Crippen molar-refractivity contribution in [3.8, 4) is 11.5 Å². The molecule has 112 valence electrons. The van der Waals surface area contributed by atoms with E-state index < -0.39 is 0 Å². The van der Waals surface area contributed by atoms with Gasteiger partial charge in [0.2, 0.25) is 0 Å². The molecule has 0 spiro atoms. The Kier molecular flexibility index (Phi) is 4.63. The Balaban J connectivity index is 2.33. The summed E-state index contributed by atoms with van der Waals surface area (Å²) in [6.45, 7) is 6.89. The zero-order chi connectivity index (χ0) is 15.5. The number of ether oxygens (including phenoxy) is 1. The molecule has 2 aromatic carbocycles. The van der Waals surface area contributed by atoms with Gasteiger partial charge in [-0.25, -0.2) is 4.39 Å². The SMILES string of the molecule is CNCc1c(F)cccc1Oc1cccc(C(C)(C)C)c1. The Morgan fingerprint density at radius 1 is 1.10 bits per heavy atom. The van der Waals surface area contributed by atoms with Crippen molar-refractivity contribution >= 4 is 0 Å². The van der Waals surface area contributed by atoms with Crippen LogP contribution in [0.5, 0.6) is 11.5 Å². The van der Waals surface area contributed by atoms with E-state index in [1.54, 1.807) is 19.2 Å². The van der Waals surface area contributed by atoms with Crippen LogP contribution in [0.3, 0.4) is 0 Å². The zero-order valence-corrected chi connectivity index (χ0v) is 13.0. The smallest absolute Gasteiger partial charge is 0.134 e. The lowest BCUT2D eigenvalue weighted by Crippen LogP contribution is -2.11. The molecule has 1 N–H and O–H groups in total. The lowest BCUT2D eigenvalue weighted by molar-refractivity contribution is 0.461. The summed E-state index contributed by atoms with van der Waals surface area (Å²) in [6, 6.07) is 12.8. The van der Waals surface area contributed by atoms with Gasteiger partial charge in [0.15, 0.2) is 0 Å². The molecule has 0 aromatic heterocycles. The number of benzene rings is 2. The minimum absolute atomic E-state index is 0.0507. The number of halogens is 1. The van der Waals surface area contributed by atoms with Crippen molar-refractivity contribution in [3.05, 3.63) is 59.4 Å². The van der Waals surface area contributed by atoms with Gasteiger partial charge in [0.25, 0.3) is 0 Å². The Hall–Kier alpha value is -1.87. The van der Waals surface area contributed by atoms with E-state index in [1.807, 2.05) is 18.2 Å². The first-order valence-electron chi connectivity index (χ1n) is 7.12. The molecule has 0 radical (unpaired) electrons. The second-order valence-electron chi connectivity index (χ2n) is 6.13. The molecule has 0 amide bonds. The van der Waals surface area contributed by atoms with Gasteiger partial charge in [-0.1, -0.05) is 39.0 Å². The first kappa shape index (κ1) is 15.5. The van der Waals surface area contributed by atoms with E-state index in [4.69, 9.17) is 4.74 Å². The van der Waals surface area contributed by atoms with Crippen molar-refractivity contribution in [2.24, 2.45) is 0 Å². The van der Waals surface area contributed by atoms with Crippen LogP contribution in [0, 0.1) is 5.82 Å². The van der Waals surface area contributed by atoms with Crippen LogP contribution in [0.4, 0.5) is 4.39 Å². The molecule has 3 heteroatoms. The molecule has 0 atom stereocenters. The second-order valence-corrected chi connectivity index (χ2v) is 6.13. The largest absolute Gasteiger partial charge is 0.457 e. The van der Waals surface area contributed by atoms with Crippen LogP contribution >= 0.6 is 0 Å². The fourth-order valence-corrected chi connectivity index (χ4v) is 2.14. The maximum absolute atomic E-state index is 13.9. The van der Waals surface area contributed by atoms with Gasteiger partial charge in [-0.3, -0.25) is 0 Å². The van der Waals surface area contributed by atoms with E-state index in [9.17, 15) is 4.39 Å². The molecule has 2 aromatic rings. The quantitative estimate of drug-likeness (QED) is 0.885. The van der Waals surface area contributed by atoms with Crippen molar-refractivity contribution in [3.63, 3.8) is 0 Å². The highest BCUT2D eigenvalue weighted by Crippen LogP contribution is 2.30. The lowest BCUT2D eigenvalue weighted by atomic mass is 9.87. The molecule has 0 aliphatic carbocycles. The normalized spacial score (nSPS) is 11.5. The first-order chi connectivity index (χ1) is 9.91. The molecule has 0 saturated carbocycles. The van der Waals surface area contributed by atoms with Gasteiger partial charge in [-0.15, -0.1) is 0 Å². The molecule has 0 bridgehead atoms. The minimum Gasteiger partial charge on any atom is -0.457 e. The summed E-state index contributed by atoms with van der Waals surface area (Å²) < 4.78 is 19.8. The number of hydrogen-bond acceptors (Lipinski definition) is 2. The van der Waals surface area contributed by atoms with Crippen LogP contribution < -0.4 is 10.1 Å². The number of nitrogens with one attached hydrogen (secondary N) is 1. The Bertz CT molecular complexity index is 617. The Labute approximate surface area is 126 Å². The van der Waals surface area contributed by atoms with Crippen molar-refractivity contribution in [2.75, 3.05) is 7.05 Å². The van der Waals surface area contributed by atoms with Gasteiger partial charge >= 0.3 is 0 Å².